The number of carbonyl (C=O) groups is 1. The fourth-order valence-electron chi connectivity index (χ4n) is 1.91. The number of benzene rings is 1. The number of rotatable bonds is 7. The van der Waals surface area contributed by atoms with Gasteiger partial charge in [-0.2, -0.15) is 0 Å². The minimum absolute atomic E-state index is 0.0954. The Hall–Kier alpha value is -1.62. The lowest BCUT2D eigenvalue weighted by Gasteiger charge is -2.17. The summed E-state index contributed by atoms with van der Waals surface area (Å²) in [4.78, 5) is 11.8. The van der Waals surface area contributed by atoms with E-state index >= 15 is 0 Å². The summed E-state index contributed by atoms with van der Waals surface area (Å²) in [6, 6.07) is 3.92. The van der Waals surface area contributed by atoms with Crippen LogP contribution >= 0.6 is 0 Å². The summed E-state index contributed by atoms with van der Waals surface area (Å²) in [6.45, 7) is 5.68. The molecule has 1 atom stereocenters. The zero-order valence-corrected chi connectivity index (χ0v) is 12.3. The van der Waals surface area contributed by atoms with Gasteiger partial charge in [0.1, 0.15) is 11.6 Å². The quantitative estimate of drug-likeness (QED) is 0.807. The molecule has 1 amide bonds. The van der Waals surface area contributed by atoms with Crippen LogP contribution in [0.1, 0.15) is 45.2 Å². The predicted molar refractivity (Wildman–Crippen MR) is 77.0 cm³/mol. The van der Waals surface area contributed by atoms with Crippen molar-refractivity contribution >= 4 is 5.91 Å². The van der Waals surface area contributed by atoms with Crippen molar-refractivity contribution in [2.24, 2.45) is 5.73 Å². The molecule has 0 saturated heterocycles. The highest BCUT2D eigenvalue weighted by Crippen LogP contribution is 2.24. The number of hydrogen-bond donors (Lipinski definition) is 2. The molecule has 1 rings (SSSR count). The maximum absolute atomic E-state index is 13.2. The largest absolute Gasteiger partial charge is 0.483 e. The third-order valence-electron chi connectivity index (χ3n) is 3.17. The number of nitrogens with one attached hydrogen (secondary N) is 1. The van der Waals surface area contributed by atoms with Gasteiger partial charge in [-0.15, -0.1) is 0 Å². The van der Waals surface area contributed by atoms with E-state index in [9.17, 15) is 9.18 Å². The van der Waals surface area contributed by atoms with Gasteiger partial charge in [-0.05, 0) is 38.0 Å². The molecule has 5 heteroatoms. The van der Waals surface area contributed by atoms with Gasteiger partial charge in [-0.25, -0.2) is 4.39 Å². The maximum atomic E-state index is 13.2. The van der Waals surface area contributed by atoms with Gasteiger partial charge < -0.3 is 15.8 Å². The van der Waals surface area contributed by atoms with Crippen molar-refractivity contribution in [1.82, 2.24) is 5.32 Å². The molecule has 0 heterocycles. The first-order valence-electron chi connectivity index (χ1n) is 6.95. The first-order chi connectivity index (χ1) is 9.47. The molecule has 112 valence electrons. The minimum Gasteiger partial charge on any atom is -0.483 e. The predicted octanol–water partition coefficient (Wildman–Crippen LogP) is 2.53. The number of nitrogens with two attached hydrogens (primary N) is 1. The van der Waals surface area contributed by atoms with Gasteiger partial charge in [-0.1, -0.05) is 13.8 Å². The van der Waals surface area contributed by atoms with E-state index in [0.717, 1.165) is 12.8 Å². The Morgan fingerprint density at radius 1 is 1.40 bits per heavy atom. The smallest absolute Gasteiger partial charge is 0.258 e. The van der Waals surface area contributed by atoms with Crippen molar-refractivity contribution in [3.8, 4) is 5.75 Å². The van der Waals surface area contributed by atoms with Crippen LogP contribution in [0.25, 0.3) is 0 Å². The highest BCUT2D eigenvalue weighted by molar-refractivity contribution is 5.77. The summed E-state index contributed by atoms with van der Waals surface area (Å²) < 4.78 is 18.6. The second-order valence-electron chi connectivity index (χ2n) is 4.84. The van der Waals surface area contributed by atoms with Crippen molar-refractivity contribution in [3.05, 3.63) is 29.6 Å². The highest BCUT2D eigenvalue weighted by atomic mass is 19.1. The van der Waals surface area contributed by atoms with Gasteiger partial charge in [0.15, 0.2) is 6.61 Å². The lowest BCUT2D eigenvalue weighted by atomic mass is 10.1. The van der Waals surface area contributed by atoms with Crippen molar-refractivity contribution in [1.29, 1.82) is 0 Å². The summed E-state index contributed by atoms with van der Waals surface area (Å²) in [5.41, 5.74) is 6.32. The SMILES string of the molecule is CCC(CC)NC(=O)COc1ccc(F)cc1C(C)N. The molecule has 1 unspecified atom stereocenters. The summed E-state index contributed by atoms with van der Waals surface area (Å²) >= 11 is 0. The lowest BCUT2D eigenvalue weighted by molar-refractivity contribution is -0.123. The molecule has 0 fully saturated rings. The van der Waals surface area contributed by atoms with E-state index in [1.807, 2.05) is 13.8 Å². The number of halogens is 1. The fourth-order valence-corrected chi connectivity index (χ4v) is 1.91. The molecule has 0 spiro atoms. The fraction of sp³-hybridized carbons (Fsp3) is 0.533. The van der Waals surface area contributed by atoms with Gasteiger partial charge in [0.05, 0.1) is 0 Å². The molecule has 1 aromatic carbocycles. The van der Waals surface area contributed by atoms with E-state index in [4.69, 9.17) is 10.5 Å². The Labute approximate surface area is 119 Å². The zero-order chi connectivity index (χ0) is 15.1. The molecule has 1 aromatic rings. The van der Waals surface area contributed by atoms with Crippen molar-refractivity contribution in [3.63, 3.8) is 0 Å². The molecule has 3 N–H and O–H groups in total. The lowest BCUT2D eigenvalue weighted by Crippen LogP contribution is -2.37. The molecule has 0 radical (unpaired) electrons. The van der Waals surface area contributed by atoms with Gasteiger partial charge >= 0.3 is 0 Å². The average Bonchev–Trinajstić information content (AvgIpc) is 2.43. The van der Waals surface area contributed by atoms with Crippen LogP contribution in [-0.2, 0) is 4.79 Å². The molecule has 0 bridgehead atoms. The first kappa shape index (κ1) is 16.4. The number of hydrogen-bond acceptors (Lipinski definition) is 3. The van der Waals surface area contributed by atoms with E-state index < -0.39 is 0 Å². The third-order valence-corrected chi connectivity index (χ3v) is 3.17. The van der Waals surface area contributed by atoms with E-state index in [1.165, 1.54) is 18.2 Å². The van der Waals surface area contributed by atoms with Gasteiger partial charge in [0, 0.05) is 17.6 Å². The Kier molecular flexibility index (Phi) is 6.45. The van der Waals surface area contributed by atoms with Crippen LogP contribution in [0.2, 0.25) is 0 Å². The number of ether oxygens (including phenoxy) is 1. The Bertz CT molecular complexity index is 445. The Morgan fingerprint density at radius 3 is 2.60 bits per heavy atom. The van der Waals surface area contributed by atoms with Crippen LogP contribution in [0.5, 0.6) is 5.75 Å². The molecule has 0 aliphatic heterocycles. The standard InChI is InChI=1S/C15H23FN2O2/c1-4-12(5-2)18-15(19)9-20-14-7-6-11(16)8-13(14)10(3)17/h6-8,10,12H,4-5,9,17H2,1-3H3,(H,18,19). The van der Waals surface area contributed by atoms with E-state index in [0.29, 0.717) is 11.3 Å². The molecule has 0 aliphatic carbocycles. The van der Waals surface area contributed by atoms with Crippen molar-refractivity contribution in [2.45, 2.75) is 45.7 Å². The second kappa shape index (κ2) is 7.85. The normalized spacial score (nSPS) is 12.3. The average molecular weight is 282 g/mol. The summed E-state index contributed by atoms with van der Waals surface area (Å²) in [6.07, 6.45) is 1.76. The zero-order valence-electron chi connectivity index (χ0n) is 12.3. The van der Waals surface area contributed by atoms with E-state index in [1.54, 1.807) is 6.92 Å². The van der Waals surface area contributed by atoms with Crippen LogP contribution in [-0.4, -0.2) is 18.6 Å². The summed E-state index contributed by atoms with van der Waals surface area (Å²) in [7, 11) is 0. The van der Waals surface area contributed by atoms with Gasteiger partial charge in [-0.3, -0.25) is 4.79 Å². The Morgan fingerprint density at radius 2 is 2.05 bits per heavy atom. The third kappa shape index (κ3) is 4.81. The van der Waals surface area contributed by atoms with Gasteiger partial charge in [0.25, 0.3) is 5.91 Å². The number of carbonyl (C=O) groups excluding carboxylic acids is 1. The monoisotopic (exact) mass is 282 g/mol. The van der Waals surface area contributed by atoms with Crippen LogP contribution < -0.4 is 15.8 Å². The molecule has 4 nitrogen and oxygen atoms in total. The molecular formula is C15H23FN2O2. The molecular weight excluding hydrogens is 259 g/mol. The molecule has 0 aromatic heterocycles. The Balaban J connectivity index is 2.63. The van der Waals surface area contributed by atoms with Crippen LogP contribution in [0.4, 0.5) is 4.39 Å². The highest BCUT2D eigenvalue weighted by Gasteiger charge is 2.13. The molecule has 0 saturated carbocycles. The first-order valence-corrected chi connectivity index (χ1v) is 6.95. The van der Waals surface area contributed by atoms with Crippen LogP contribution in [0.15, 0.2) is 18.2 Å². The second-order valence-corrected chi connectivity index (χ2v) is 4.84. The molecule has 20 heavy (non-hydrogen) atoms. The number of amides is 1. The van der Waals surface area contributed by atoms with E-state index in [2.05, 4.69) is 5.32 Å². The summed E-state index contributed by atoms with van der Waals surface area (Å²) in [5, 5.41) is 2.88. The topological polar surface area (TPSA) is 64.3 Å². The maximum Gasteiger partial charge on any atom is 0.258 e. The van der Waals surface area contributed by atoms with Crippen LogP contribution in [0, 0.1) is 5.82 Å². The van der Waals surface area contributed by atoms with Gasteiger partial charge in [0.2, 0.25) is 0 Å². The van der Waals surface area contributed by atoms with E-state index in [-0.39, 0.29) is 30.4 Å². The minimum atomic E-state index is -0.369. The molecule has 0 aliphatic rings. The van der Waals surface area contributed by atoms with Crippen LogP contribution in [0.3, 0.4) is 0 Å². The van der Waals surface area contributed by atoms with Crippen molar-refractivity contribution in [2.75, 3.05) is 6.61 Å². The van der Waals surface area contributed by atoms with Crippen molar-refractivity contribution < 1.29 is 13.9 Å². The summed E-state index contributed by atoms with van der Waals surface area (Å²) in [5.74, 6) is -0.106.